The number of benzene rings is 4. The summed E-state index contributed by atoms with van der Waals surface area (Å²) in [5, 5.41) is 12.4. The molecular weight excluding hydrogens is 712 g/mol. The van der Waals surface area contributed by atoms with Crippen molar-refractivity contribution in [3.63, 3.8) is 0 Å². The predicted octanol–water partition coefficient (Wildman–Crippen LogP) is 2.96. The first-order valence-corrected chi connectivity index (χ1v) is 19.0. The van der Waals surface area contributed by atoms with E-state index < -0.39 is 66.5 Å². The Morgan fingerprint density at radius 2 is 1.33 bits per heavy atom. The number of amides is 1. The van der Waals surface area contributed by atoms with E-state index in [1.807, 2.05) is 0 Å². The molecule has 1 amide bonds. The summed E-state index contributed by atoms with van der Waals surface area (Å²) in [5.41, 5.74) is 6.39. The van der Waals surface area contributed by atoms with Gasteiger partial charge in [0.1, 0.15) is 10.6 Å². The van der Waals surface area contributed by atoms with Gasteiger partial charge in [-0.25, -0.2) is 8.42 Å². The molecule has 0 aliphatic carbocycles. The summed E-state index contributed by atoms with van der Waals surface area (Å²) < 4.78 is 116. The van der Waals surface area contributed by atoms with Crippen molar-refractivity contribution in [1.82, 2.24) is 0 Å². The van der Waals surface area contributed by atoms with Crippen molar-refractivity contribution in [1.29, 1.82) is 0 Å². The van der Waals surface area contributed by atoms with Crippen LogP contribution in [0.5, 0.6) is 5.75 Å². The van der Waals surface area contributed by atoms with E-state index in [4.69, 9.17) is 31.0 Å². The summed E-state index contributed by atoms with van der Waals surface area (Å²) in [6, 6.07) is 14.6. The maximum atomic E-state index is 12.3. The van der Waals surface area contributed by atoms with Crippen LogP contribution in [0.3, 0.4) is 0 Å². The molecule has 0 radical (unpaired) electrons. The van der Waals surface area contributed by atoms with Crippen LogP contribution in [0.1, 0.15) is 15.9 Å². The zero-order valence-electron chi connectivity index (χ0n) is 23.1. The van der Waals surface area contributed by atoms with E-state index in [0.29, 0.717) is 5.56 Å². The van der Waals surface area contributed by atoms with Gasteiger partial charge in [0.15, 0.2) is 9.84 Å². The molecule has 0 heterocycles. The van der Waals surface area contributed by atoms with E-state index in [0.717, 1.165) is 30.3 Å². The summed E-state index contributed by atoms with van der Waals surface area (Å²) in [6.07, 6.45) is 0. The van der Waals surface area contributed by atoms with Crippen molar-refractivity contribution in [3.05, 3.63) is 83.9 Å². The minimum Gasteiger partial charge on any atom is -0.507 e. The fraction of sp³-hybridized carbons (Fsp3) is 0.115. The van der Waals surface area contributed by atoms with E-state index in [9.17, 15) is 43.6 Å². The van der Waals surface area contributed by atoms with E-state index in [2.05, 4.69) is 5.32 Å². The van der Waals surface area contributed by atoms with Crippen molar-refractivity contribution in [2.75, 3.05) is 22.7 Å². The number of phenols is 1. The number of phenolic OH excluding ortho intramolecular Hbond substituents is 1. The smallest absolute Gasteiger partial charge is 0.296 e. The number of nitrogens with two attached hydrogens (primary N) is 1. The molecule has 0 aromatic heterocycles. The van der Waals surface area contributed by atoms with Crippen LogP contribution in [0.2, 0.25) is 0 Å². The first-order chi connectivity index (χ1) is 21.1. The van der Waals surface area contributed by atoms with Gasteiger partial charge >= 0.3 is 0 Å². The van der Waals surface area contributed by atoms with E-state index in [1.54, 1.807) is 0 Å². The number of alkyl halides is 1. The maximum absolute atomic E-state index is 12.3. The third kappa shape index (κ3) is 9.84. The van der Waals surface area contributed by atoms with Gasteiger partial charge in [0.05, 0.1) is 27.0 Å². The van der Waals surface area contributed by atoms with Crippen LogP contribution < -0.4 is 11.1 Å². The molecule has 0 unspecified atom stereocenters. The van der Waals surface area contributed by atoms with Gasteiger partial charge in [-0.05, 0) is 65.5 Å². The number of halogens is 1. The van der Waals surface area contributed by atoms with Gasteiger partial charge in [0.2, 0.25) is 0 Å². The number of aromatic hydroxyl groups is 1. The van der Waals surface area contributed by atoms with Crippen molar-refractivity contribution in [2.45, 2.75) is 20.4 Å². The molecule has 4 aromatic carbocycles. The summed E-state index contributed by atoms with van der Waals surface area (Å²) >= 11 is 5.45. The minimum absolute atomic E-state index is 0.0162. The first-order valence-electron chi connectivity index (χ1n) is 12.4. The second-order valence-corrected chi connectivity index (χ2v) is 16.2. The molecule has 0 fully saturated rings. The highest BCUT2D eigenvalue weighted by Gasteiger charge is 2.17. The zero-order chi connectivity index (χ0) is 34.7. The van der Waals surface area contributed by atoms with Gasteiger partial charge in [-0.15, -0.1) is 11.6 Å². The summed E-state index contributed by atoms with van der Waals surface area (Å²) in [6.45, 7) is 0. The van der Waals surface area contributed by atoms with Gasteiger partial charge in [0, 0.05) is 28.6 Å². The molecule has 0 aliphatic heterocycles. The minimum atomic E-state index is -4.54. The van der Waals surface area contributed by atoms with Crippen molar-refractivity contribution in [2.24, 2.45) is 0 Å². The summed E-state index contributed by atoms with van der Waals surface area (Å²) in [4.78, 5) is 10.8. The number of nitrogens with one attached hydrogen (secondary N) is 1. The number of hydrogen-bond donors (Lipinski definition) is 6. The lowest BCUT2D eigenvalue weighted by molar-refractivity contribution is 0.102. The summed E-state index contributed by atoms with van der Waals surface area (Å²) in [7, 11) is -16.7. The van der Waals surface area contributed by atoms with Crippen molar-refractivity contribution >= 4 is 79.8 Å². The van der Waals surface area contributed by atoms with Crippen LogP contribution in [-0.2, 0) is 45.9 Å². The van der Waals surface area contributed by atoms with Crippen LogP contribution in [0.4, 0.5) is 11.4 Å². The highest BCUT2D eigenvalue weighted by molar-refractivity contribution is 7.90. The van der Waals surface area contributed by atoms with Gasteiger partial charge in [-0.3, -0.25) is 18.5 Å². The second-order valence-electron chi connectivity index (χ2n) is 9.44. The topological polar surface area (TPSA) is 273 Å². The normalized spacial score (nSPS) is 12.3. The Hall–Kier alpha value is -3.82. The van der Waals surface area contributed by atoms with E-state index in [1.165, 1.54) is 42.5 Å². The SMILES string of the molecule is Nc1cc(NC(=O)c2ccc(CS(=O)(=O)CCCl)cc2)ccc1S(=O)(=O)O.O=S(=O)(O)c1ccc2c(O)cc(S(=O)(=O)O)cc2c1. The van der Waals surface area contributed by atoms with Gasteiger partial charge < -0.3 is 16.2 Å². The van der Waals surface area contributed by atoms with Crippen LogP contribution in [0.25, 0.3) is 10.8 Å². The Balaban J connectivity index is 0.000000266. The fourth-order valence-corrected chi connectivity index (χ4v) is 7.30. The average molecular weight is 737 g/mol. The highest BCUT2D eigenvalue weighted by atomic mass is 35.5. The van der Waals surface area contributed by atoms with Gasteiger partial charge in [-0.2, -0.15) is 25.3 Å². The highest BCUT2D eigenvalue weighted by Crippen LogP contribution is 2.30. The number of sulfone groups is 1. The van der Waals surface area contributed by atoms with Crippen molar-refractivity contribution in [3.8, 4) is 5.75 Å². The Morgan fingerprint density at radius 1 is 0.739 bits per heavy atom. The number of nitrogen functional groups attached to an aromatic ring is 1. The largest absolute Gasteiger partial charge is 0.507 e. The van der Waals surface area contributed by atoms with Crippen LogP contribution >= 0.6 is 11.6 Å². The number of carbonyl (C=O) groups excluding carboxylic acids is 1. The molecule has 0 bridgehead atoms. The standard InChI is InChI=1S/C16H17ClN2O6S2.C10H8O7S2/c17-7-8-26(21,22)10-11-1-3-12(4-2-11)16(20)19-13-5-6-15(14(18)9-13)27(23,24)25;11-10-5-8(19(15,16)17)4-6-3-7(18(12,13)14)1-2-9(6)10/h1-6,9H,7-8,10,18H2,(H,19,20)(H,23,24,25);1-5,11H,(H,12,13,14)(H,15,16,17). The summed E-state index contributed by atoms with van der Waals surface area (Å²) in [5.74, 6) is -1.22. The van der Waals surface area contributed by atoms with E-state index in [-0.39, 0.29) is 45.1 Å². The molecule has 4 rings (SSSR count). The molecule has 20 heteroatoms. The molecule has 0 spiro atoms. The monoisotopic (exact) mass is 736 g/mol. The number of rotatable bonds is 9. The van der Waals surface area contributed by atoms with Crippen molar-refractivity contribution < 1.29 is 57.2 Å². The third-order valence-corrected chi connectivity index (χ3v) is 10.6. The zero-order valence-corrected chi connectivity index (χ0v) is 27.1. The number of fused-ring (bicyclic) bond motifs is 1. The van der Waals surface area contributed by atoms with Gasteiger partial charge in [0.25, 0.3) is 36.3 Å². The molecule has 0 aliphatic rings. The number of hydrogen-bond acceptors (Lipinski definition) is 11. The molecule has 15 nitrogen and oxygen atoms in total. The molecule has 46 heavy (non-hydrogen) atoms. The maximum Gasteiger partial charge on any atom is 0.296 e. The number of anilines is 2. The molecule has 0 saturated heterocycles. The quantitative estimate of drug-likeness (QED) is 0.0819. The average Bonchev–Trinajstić information content (AvgIpc) is 2.91. The fourth-order valence-electron chi connectivity index (χ4n) is 3.87. The first kappa shape index (κ1) is 36.6. The molecule has 7 N–H and O–H groups in total. The lowest BCUT2D eigenvalue weighted by Crippen LogP contribution is -2.13. The lowest BCUT2D eigenvalue weighted by Gasteiger charge is -2.09. The van der Waals surface area contributed by atoms with Crippen LogP contribution in [0.15, 0.2) is 87.5 Å². The Morgan fingerprint density at radius 3 is 1.85 bits per heavy atom. The molecule has 0 atom stereocenters. The van der Waals surface area contributed by atoms with E-state index >= 15 is 0 Å². The lowest BCUT2D eigenvalue weighted by atomic mass is 10.1. The number of carbonyl (C=O) groups is 1. The molecular formula is C26H25ClN2O13S4. The van der Waals surface area contributed by atoms with Crippen LogP contribution in [-0.4, -0.2) is 70.0 Å². The van der Waals surface area contributed by atoms with Crippen LogP contribution in [0, 0.1) is 0 Å². The molecule has 0 saturated carbocycles. The molecule has 4 aromatic rings. The molecule has 248 valence electrons. The Bertz CT molecular complexity index is 2240. The van der Waals surface area contributed by atoms with Gasteiger partial charge in [-0.1, -0.05) is 12.1 Å². The predicted molar refractivity (Wildman–Crippen MR) is 169 cm³/mol. The second kappa shape index (κ2) is 13.9. The third-order valence-electron chi connectivity index (χ3n) is 6.01. The Labute approximate surface area is 268 Å². The Kier molecular flexibility index (Phi) is 11.1.